The van der Waals surface area contributed by atoms with Crippen molar-refractivity contribution in [3.8, 4) is 5.75 Å². The Hall–Kier alpha value is -1.23. The van der Waals surface area contributed by atoms with E-state index < -0.39 is 0 Å². The highest BCUT2D eigenvalue weighted by molar-refractivity contribution is 7.19. The van der Waals surface area contributed by atoms with Gasteiger partial charge in [-0.2, -0.15) is 0 Å². The number of nitrogens with one attached hydrogen (secondary N) is 1. The molecule has 1 heterocycles. The number of hydrogen-bond acceptors (Lipinski definition) is 5. The van der Waals surface area contributed by atoms with Gasteiger partial charge in [0.25, 0.3) is 0 Å². The van der Waals surface area contributed by atoms with Gasteiger partial charge in [-0.1, -0.05) is 20.3 Å². The summed E-state index contributed by atoms with van der Waals surface area (Å²) in [5.41, 5.74) is 6.93. The molecule has 0 bridgehead atoms. The average Bonchev–Trinajstić information content (AvgIpc) is 2.73. The van der Waals surface area contributed by atoms with Gasteiger partial charge in [-0.05, 0) is 24.7 Å². The molecule has 112 valence electrons. The van der Waals surface area contributed by atoms with Crippen molar-refractivity contribution in [2.45, 2.75) is 46.0 Å². The van der Waals surface area contributed by atoms with Crippen LogP contribution in [0.15, 0.2) is 0 Å². The van der Waals surface area contributed by atoms with Gasteiger partial charge >= 0.3 is 0 Å². The second-order valence-corrected chi connectivity index (χ2v) is 6.57. The fourth-order valence-corrected chi connectivity index (χ4v) is 3.81. The Labute approximate surface area is 124 Å². The number of rotatable bonds is 7. The number of nitrogens with two attached hydrogens (primary N) is 1. The molecule has 3 N–H and O–H groups in total. The van der Waals surface area contributed by atoms with E-state index in [1.165, 1.54) is 37.0 Å². The van der Waals surface area contributed by atoms with Crippen molar-refractivity contribution < 1.29 is 9.53 Å². The zero-order chi connectivity index (χ0) is 14.8. The molecular formula is C15H24N2O2S. The zero-order valence-electron chi connectivity index (χ0n) is 12.5. The standard InChI is InChI=1S/C15H24N2O2S/c1-4-10(18)13-11(16)12(19-3)14(20-13)17-9-15(5-2)7-6-8-15/h17H,4-9,16H2,1-3H3. The molecule has 1 aliphatic carbocycles. The number of hydrogen-bond donors (Lipinski definition) is 2. The summed E-state index contributed by atoms with van der Waals surface area (Å²) in [7, 11) is 1.60. The van der Waals surface area contributed by atoms with E-state index in [-0.39, 0.29) is 5.78 Å². The molecule has 0 unspecified atom stereocenters. The predicted octanol–water partition coefficient (Wildman–Crippen LogP) is 3.92. The number of ketones is 1. The molecule has 1 aromatic heterocycles. The number of nitrogen functional groups attached to an aromatic ring is 1. The van der Waals surface area contributed by atoms with Gasteiger partial charge in [-0.3, -0.25) is 4.79 Å². The third-order valence-corrected chi connectivity index (χ3v) is 5.65. The number of anilines is 2. The first kappa shape index (κ1) is 15.2. The zero-order valence-corrected chi connectivity index (χ0v) is 13.4. The van der Waals surface area contributed by atoms with Gasteiger partial charge in [0, 0.05) is 13.0 Å². The van der Waals surface area contributed by atoms with Crippen LogP contribution in [0.25, 0.3) is 0 Å². The lowest BCUT2D eigenvalue weighted by molar-refractivity contribution is 0.0992. The van der Waals surface area contributed by atoms with Crippen molar-refractivity contribution in [1.29, 1.82) is 0 Å². The minimum absolute atomic E-state index is 0.0766. The van der Waals surface area contributed by atoms with Crippen LogP contribution in [-0.2, 0) is 0 Å². The first-order valence-corrected chi connectivity index (χ1v) is 8.12. The Morgan fingerprint density at radius 1 is 1.45 bits per heavy atom. The Morgan fingerprint density at radius 3 is 2.60 bits per heavy atom. The number of carbonyl (C=O) groups is 1. The fraction of sp³-hybridized carbons (Fsp3) is 0.667. The van der Waals surface area contributed by atoms with Gasteiger partial charge in [0.15, 0.2) is 11.5 Å². The Bertz CT molecular complexity index is 487. The van der Waals surface area contributed by atoms with Crippen LogP contribution in [0.2, 0.25) is 0 Å². The molecule has 0 radical (unpaired) electrons. The molecule has 1 fully saturated rings. The highest BCUT2D eigenvalue weighted by Crippen LogP contribution is 2.47. The summed E-state index contributed by atoms with van der Waals surface area (Å²) in [6.45, 7) is 5.02. The fourth-order valence-electron chi connectivity index (χ4n) is 2.72. The van der Waals surface area contributed by atoms with Gasteiger partial charge in [0.1, 0.15) is 5.00 Å². The number of methoxy groups -OCH3 is 1. The highest BCUT2D eigenvalue weighted by Gasteiger charge is 2.35. The van der Waals surface area contributed by atoms with E-state index in [4.69, 9.17) is 10.5 Å². The molecule has 0 saturated heterocycles. The van der Waals surface area contributed by atoms with E-state index in [0.717, 1.165) is 11.5 Å². The summed E-state index contributed by atoms with van der Waals surface area (Å²) in [4.78, 5) is 12.5. The normalized spacial score (nSPS) is 16.6. The van der Waals surface area contributed by atoms with Crippen LogP contribution in [0.3, 0.4) is 0 Å². The second-order valence-electron chi connectivity index (χ2n) is 5.54. The largest absolute Gasteiger partial charge is 0.492 e. The summed E-state index contributed by atoms with van der Waals surface area (Å²) in [5.74, 6) is 0.699. The van der Waals surface area contributed by atoms with Crippen molar-refractivity contribution in [1.82, 2.24) is 0 Å². The number of carbonyl (C=O) groups excluding carboxylic acids is 1. The van der Waals surface area contributed by atoms with E-state index in [1.807, 2.05) is 6.92 Å². The van der Waals surface area contributed by atoms with Gasteiger partial charge < -0.3 is 15.8 Å². The van der Waals surface area contributed by atoms with Crippen molar-refractivity contribution >= 4 is 27.8 Å². The molecule has 1 saturated carbocycles. The maximum absolute atomic E-state index is 11.9. The van der Waals surface area contributed by atoms with Crippen LogP contribution < -0.4 is 15.8 Å². The summed E-state index contributed by atoms with van der Waals surface area (Å²) < 4.78 is 5.37. The van der Waals surface area contributed by atoms with E-state index >= 15 is 0 Å². The Balaban J connectivity index is 2.16. The van der Waals surface area contributed by atoms with Crippen LogP contribution in [0.1, 0.15) is 55.6 Å². The third-order valence-electron chi connectivity index (χ3n) is 4.47. The van der Waals surface area contributed by atoms with Gasteiger partial charge in [-0.15, -0.1) is 11.3 Å². The molecule has 20 heavy (non-hydrogen) atoms. The predicted molar refractivity (Wildman–Crippen MR) is 85.0 cm³/mol. The molecular weight excluding hydrogens is 272 g/mol. The van der Waals surface area contributed by atoms with Crippen molar-refractivity contribution in [3.63, 3.8) is 0 Å². The van der Waals surface area contributed by atoms with Gasteiger partial charge in [0.2, 0.25) is 0 Å². The summed E-state index contributed by atoms with van der Waals surface area (Å²) in [6, 6.07) is 0. The monoisotopic (exact) mass is 296 g/mol. The van der Waals surface area contributed by atoms with Gasteiger partial charge in [-0.25, -0.2) is 0 Å². The van der Waals surface area contributed by atoms with Crippen LogP contribution in [-0.4, -0.2) is 19.4 Å². The molecule has 5 heteroatoms. The molecule has 0 aliphatic heterocycles. The first-order chi connectivity index (χ1) is 9.56. The maximum atomic E-state index is 11.9. The molecule has 2 rings (SSSR count). The summed E-state index contributed by atoms with van der Waals surface area (Å²) in [5, 5.41) is 4.35. The third kappa shape index (κ3) is 2.64. The lowest BCUT2D eigenvalue weighted by atomic mass is 9.67. The number of ether oxygens (including phenoxy) is 1. The van der Waals surface area contributed by atoms with E-state index in [0.29, 0.717) is 28.1 Å². The summed E-state index contributed by atoms with van der Waals surface area (Å²) >= 11 is 1.42. The quantitative estimate of drug-likeness (QED) is 0.748. The van der Waals surface area contributed by atoms with E-state index in [2.05, 4.69) is 12.2 Å². The van der Waals surface area contributed by atoms with Crippen LogP contribution in [0.4, 0.5) is 10.7 Å². The first-order valence-electron chi connectivity index (χ1n) is 7.30. The average molecular weight is 296 g/mol. The SMILES string of the molecule is CCC(=O)c1sc(NCC2(CC)CCC2)c(OC)c1N. The molecule has 1 aliphatic rings. The molecule has 0 aromatic carbocycles. The number of Topliss-reactive ketones (excluding diaryl/α,β-unsaturated/α-hetero) is 1. The minimum atomic E-state index is 0.0766. The maximum Gasteiger partial charge on any atom is 0.176 e. The lowest BCUT2D eigenvalue weighted by Crippen LogP contribution is -2.35. The van der Waals surface area contributed by atoms with Crippen LogP contribution >= 0.6 is 11.3 Å². The smallest absolute Gasteiger partial charge is 0.176 e. The molecule has 0 spiro atoms. The molecule has 4 nitrogen and oxygen atoms in total. The number of thiophene rings is 1. The van der Waals surface area contributed by atoms with Crippen LogP contribution in [0.5, 0.6) is 5.75 Å². The summed E-state index contributed by atoms with van der Waals surface area (Å²) in [6.07, 6.45) is 5.52. The van der Waals surface area contributed by atoms with Crippen molar-refractivity contribution in [2.75, 3.05) is 24.7 Å². The molecule has 0 atom stereocenters. The Kier molecular flexibility index (Phi) is 4.58. The Morgan fingerprint density at radius 2 is 2.15 bits per heavy atom. The van der Waals surface area contributed by atoms with Crippen LogP contribution in [0, 0.1) is 5.41 Å². The highest BCUT2D eigenvalue weighted by atomic mass is 32.1. The second kappa shape index (κ2) is 6.04. The van der Waals surface area contributed by atoms with E-state index in [9.17, 15) is 4.79 Å². The molecule has 0 amide bonds. The van der Waals surface area contributed by atoms with Crippen molar-refractivity contribution in [2.24, 2.45) is 5.41 Å². The molecule has 1 aromatic rings. The minimum Gasteiger partial charge on any atom is -0.492 e. The van der Waals surface area contributed by atoms with E-state index in [1.54, 1.807) is 7.11 Å². The van der Waals surface area contributed by atoms with Crippen molar-refractivity contribution in [3.05, 3.63) is 4.88 Å². The lowest BCUT2D eigenvalue weighted by Gasteiger charge is -2.41. The van der Waals surface area contributed by atoms with Gasteiger partial charge in [0.05, 0.1) is 17.7 Å². The topological polar surface area (TPSA) is 64.3 Å².